The highest BCUT2D eigenvalue weighted by Gasteiger charge is 2.44. The Morgan fingerprint density at radius 2 is 1.94 bits per heavy atom. The molecule has 2 amide bonds. The van der Waals surface area contributed by atoms with E-state index in [1.165, 1.54) is 13.3 Å². The number of carbonyl (C=O) groups excluding carboxylic acids is 2. The van der Waals surface area contributed by atoms with Crippen LogP contribution in [0.4, 0.5) is 11.5 Å². The number of rotatable bonds is 3. The summed E-state index contributed by atoms with van der Waals surface area (Å²) >= 11 is 0. The number of anilines is 2. The Morgan fingerprint density at radius 3 is 2.61 bits per heavy atom. The minimum Gasteiger partial charge on any atom is -0.382 e. The van der Waals surface area contributed by atoms with Gasteiger partial charge in [-0.3, -0.25) is 14.3 Å². The minimum absolute atomic E-state index is 0.165. The molecule has 0 aliphatic carbocycles. The lowest BCUT2D eigenvalue weighted by Crippen LogP contribution is -2.64. The van der Waals surface area contributed by atoms with Crippen LogP contribution in [0, 0.1) is 11.3 Å². The number of aryl methyl sites for hydroxylation is 1. The number of nitrogen functional groups attached to an aromatic ring is 1. The van der Waals surface area contributed by atoms with Crippen molar-refractivity contribution in [1.82, 2.24) is 29.3 Å². The molecule has 0 saturated carbocycles. The zero-order valence-corrected chi connectivity index (χ0v) is 20.4. The van der Waals surface area contributed by atoms with Crippen molar-refractivity contribution in [3.05, 3.63) is 48.5 Å². The third kappa shape index (κ3) is 3.46. The maximum absolute atomic E-state index is 13.5. The molecule has 11 heteroatoms. The van der Waals surface area contributed by atoms with Crippen LogP contribution in [0.3, 0.4) is 0 Å². The van der Waals surface area contributed by atoms with Crippen molar-refractivity contribution < 1.29 is 9.59 Å². The zero-order chi connectivity index (χ0) is 25.8. The summed E-state index contributed by atoms with van der Waals surface area (Å²) in [5.74, 6) is -0.0939. The second kappa shape index (κ2) is 8.20. The number of hydrogen-bond acceptors (Lipinski definition) is 7. The molecule has 1 aromatic carbocycles. The van der Waals surface area contributed by atoms with Crippen molar-refractivity contribution in [2.24, 2.45) is 7.05 Å². The summed E-state index contributed by atoms with van der Waals surface area (Å²) in [6, 6.07) is 9.46. The lowest BCUT2D eigenvalue weighted by Gasteiger charge is -2.45. The average molecular weight is 484 g/mol. The monoisotopic (exact) mass is 483 g/mol. The molecule has 1 aliphatic rings. The molecule has 0 spiro atoms. The van der Waals surface area contributed by atoms with Crippen LogP contribution in [-0.2, 0) is 16.6 Å². The first-order chi connectivity index (χ1) is 17.1. The SMILES string of the molecule is CC(=O)N1CCN(c2cc(-c3cc(-c4cnn(C)c4)c4c(N)ncnn34)ccc2C#N)C(=O)C1(C)C. The molecule has 4 heterocycles. The Bertz CT molecular complexity index is 1570. The van der Waals surface area contributed by atoms with Gasteiger partial charge in [-0.05, 0) is 32.0 Å². The predicted octanol–water partition coefficient (Wildman–Crippen LogP) is 2.22. The first-order valence-electron chi connectivity index (χ1n) is 11.4. The van der Waals surface area contributed by atoms with Crippen LogP contribution in [0.25, 0.3) is 27.9 Å². The molecule has 2 N–H and O–H groups in total. The van der Waals surface area contributed by atoms with Crippen LogP contribution in [-0.4, -0.2) is 59.7 Å². The summed E-state index contributed by atoms with van der Waals surface area (Å²) in [4.78, 5) is 32.9. The second-order valence-corrected chi connectivity index (χ2v) is 9.28. The number of nitrogens with zero attached hydrogens (tertiary/aromatic N) is 8. The topological polar surface area (TPSA) is 138 Å². The fourth-order valence-electron chi connectivity index (χ4n) is 4.87. The molecule has 11 nitrogen and oxygen atoms in total. The van der Waals surface area contributed by atoms with Gasteiger partial charge in [0.05, 0.1) is 23.1 Å². The van der Waals surface area contributed by atoms with E-state index in [4.69, 9.17) is 5.73 Å². The number of nitriles is 1. The van der Waals surface area contributed by atoms with E-state index in [2.05, 4.69) is 21.3 Å². The molecular formula is C25H25N9O2. The molecule has 1 aliphatic heterocycles. The number of carbonyl (C=O) groups is 2. The molecule has 4 aromatic rings. The third-order valence-corrected chi connectivity index (χ3v) is 6.67. The van der Waals surface area contributed by atoms with Gasteiger partial charge in [-0.2, -0.15) is 15.5 Å². The Morgan fingerprint density at radius 1 is 1.17 bits per heavy atom. The van der Waals surface area contributed by atoms with Gasteiger partial charge >= 0.3 is 0 Å². The third-order valence-electron chi connectivity index (χ3n) is 6.67. The van der Waals surface area contributed by atoms with Crippen molar-refractivity contribution in [1.29, 1.82) is 5.26 Å². The van der Waals surface area contributed by atoms with Crippen LogP contribution < -0.4 is 10.6 Å². The second-order valence-electron chi connectivity index (χ2n) is 9.28. The molecule has 0 atom stereocenters. The van der Waals surface area contributed by atoms with E-state index in [1.54, 1.807) is 45.1 Å². The zero-order valence-electron chi connectivity index (χ0n) is 20.4. The average Bonchev–Trinajstić information content (AvgIpc) is 3.44. The number of hydrogen-bond donors (Lipinski definition) is 1. The standard InChI is InChI=1S/C25H25N9O2/c1-15(35)33-8-7-32(24(36)25(33,2)3)20-9-16(5-6-17(20)11-26)21-10-19(18-12-29-31(4)13-18)22-23(27)28-14-30-34(21)22/h5-6,9-10,12-14H,7-8H2,1-4H3,(H2,27,28,30). The van der Waals surface area contributed by atoms with Crippen LogP contribution in [0.5, 0.6) is 0 Å². The van der Waals surface area contributed by atoms with Gasteiger partial charge in [-0.25, -0.2) is 9.50 Å². The number of nitrogens with two attached hydrogens (primary N) is 1. The van der Waals surface area contributed by atoms with Crippen molar-refractivity contribution in [3.8, 4) is 28.5 Å². The fraction of sp³-hybridized carbons (Fsp3) is 0.280. The van der Waals surface area contributed by atoms with Gasteiger partial charge in [0.1, 0.15) is 23.5 Å². The van der Waals surface area contributed by atoms with Gasteiger partial charge in [-0.1, -0.05) is 6.07 Å². The summed E-state index contributed by atoms with van der Waals surface area (Å²) < 4.78 is 3.40. The molecular weight excluding hydrogens is 458 g/mol. The Balaban J connectivity index is 1.66. The molecule has 36 heavy (non-hydrogen) atoms. The number of fused-ring (bicyclic) bond motifs is 1. The summed E-state index contributed by atoms with van der Waals surface area (Å²) in [5.41, 5.74) is 9.82. The Labute approximate surface area is 207 Å². The van der Waals surface area contributed by atoms with E-state index in [0.29, 0.717) is 29.1 Å². The van der Waals surface area contributed by atoms with Crippen LogP contribution in [0.1, 0.15) is 26.3 Å². The van der Waals surface area contributed by atoms with Crippen LogP contribution in [0.15, 0.2) is 43.0 Å². The van der Waals surface area contributed by atoms with Gasteiger partial charge in [0.25, 0.3) is 5.91 Å². The lowest BCUT2D eigenvalue weighted by molar-refractivity contribution is -0.145. The van der Waals surface area contributed by atoms with Gasteiger partial charge in [0.2, 0.25) is 5.91 Å². The summed E-state index contributed by atoms with van der Waals surface area (Å²) in [6.45, 7) is 5.55. The number of aromatic nitrogens is 5. The minimum atomic E-state index is -1.04. The van der Waals surface area contributed by atoms with Gasteiger partial charge in [-0.15, -0.1) is 0 Å². The van der Waals surface area contributed by atoms with E-state index in [1.807, 2.05) is 31.4 Å². The highest BCUT2D eigenvalue weighted by molar-refractivity contribution is 6.04. The molecule has 1 fully saturated rings. The summed E-state index contributed by atoms with van der Waals surface area (Å²) in [6.07, 6.45) is 5.01. The van der Waals surface area contributed by atoms with Gasteiger partial charge < -0.3 is 15.5 Å². The van der Waals surface area contributed by atoms with Crippen LogP contribution >= 0.6 is 0 Å². The van der Waals surface area contributed by atoms with Crippen molar-refractivity contribution in [3.63, 3.8) is 0 Å². The molecule has 0 radical (unpaired) electrons. The van der Waals surface area contributed by atoms with Crippen molar-refractivity contribution in [2.75, 3.05) is 23.7 Å². The first kappa shape index (κ1) is 23.0. The normalized spacial score (nSPS) is 15.4. The number of amides is 2. The van der Waals surface area contributed by atoms with E-state index in [9.17, 15) is 14.9 Å². The van der Waals surface area contributed by atoms with Crippen molar-refractivity contribution in [2.45, 2.75) is 26.3 Å². The Hall–Kier alpha value is -4.72. The van der Waals surface area contributed by atoms with E-state index in [-0.39, 0.29) is 18.4 Å². The van der Waals surface area contributed by atoms with E-state index < -0.39 is 5.54 Å². The number of piperazine rings is 1. The molecule has 3 aromatic heterocycles. The largest absolute Gasteiger partial charge is 0.382 e. The highest BCUT2D eigenvalue weighted by atomic mass is 16.2. The molecule has 182 valence electrons. The van der Waals surface area contributed by atoms with E-state index >= 15 is 0 Å². The van der Waals surface area contributed by atoms with Crippen molar-refractivity contribution >= 4 is 28.8 Å². The molecule has 0 unspecified atom stereocenters. The quantitative estimate of drug-likeness (QED) is 0.471. The predicted molar refractivity (Wildman–Crippen MR) is 134 cm³/mol. The molecule has 1 saturated heterocycles. The van der Waals surface area contributed by atoms with E-state index in [0.717, 1.165) is 22.4 Å². The van der Waals surface area contributed by atoms with Crippen LogP contribution in [0.2, 0.25) is 0 Å². The fourth-order valence-corrected chi connectivity index (χ4v) is 4.87. The van der Waals surface area contributed by atoms with Gasteiger partial charge in [0.15, 0.2) is 5.82 Å². The summed E-state index contributed by atoms with van der Waals surface area (Å²) in [5, 5.41) is 18.5. The van der Waals surface area contributed by atoms with Gasteiger partial charge in [0, 0.05) is 49.9 Å². The number of benzene rings is 1. The Kier molecular flexibility index (Phi) is 5.25. The molecule has 5 rings (SSSR count). The maximum Gasteiger partial charge on any atom is 0.252 e. The highest BCUT2D eigenvalue weighted by Crippen LogP contribution is 2.37. The smallest absolute Gasteiger partial charge is 0.252 e. The summed E-state index contributed by atoms with van der Waals surface area (Å²) in [7, 11) is 1.83. The maximum atomic E-state index is 13.5. The molecule has 0 bridgehead atoms. The lowest BCUT2D eigenvalue weighted by atomic mass is 9.95. The first-order valence-corrected chi connectivity index (χ1v) is 11.4.